The second-order valence-corrected chi connectivity index (χ2v) is 8.16. The molecule has 1 aliphatic carbocycles. The van der Waals surface area contributed by atoms with Crippen molar-refractivity contribution < 1.29 is 22.8 Å². The zero-order valence-electron chi connectivity index (χ0n) is 17.0. The summed E-state index contributed by atoms with van der Waals surface area (Å²) in [5.41, 5.74) is 0.178. The fraction of sp³-hybridized carbons (Fsp3) is 0.261. The van der Waals surface area contributed by atoms with Crippen molar-refractivity contribution in [2.24, 2.45) is 0 Å². The third-order valence-electron chi connectivity index (χ3n) is 5.32. The highest BCUT2D eigenvalue weighted by Gasteiger charge is 2.39. The molecule has 1 saturated carbocycles. The third kappa shape index (κ3) is 4.55. The summed E-state index contributed by atoms with van der Waals surface area (Å²) in [7, 11) is 0. The Hall–Kier alpha value is -3.13. The summed E-state index contributed by atoms with van der Waals surface area (Å²) in [6, 6.07) is 12.9. The Labute approximate surface area is 187 Å². The second kappa shape index (κ2) is 8.43. The number of aromatic nitrogens is 2. The second-order valence-electron chi connectivity index (χ2n) is 7.72. The van der Waals surface area contributed by atoms with Crippen molar-refractivity contribution in [2.75, 3.05) is 5.32 Å². The Balaban J connectivity index is 1.63. The zero-order chi connectivity index (χ0) is 23.0. The van der Waals surface area contributed by atoms with Crippen LogP contribution in [0.15, 0.2) is 54.6 Å². The summed E-state index contributed by atoms with van der Waals surface area (Å²) in [5, 5.41) is 6.64. The van der Waals surface area contributed by atoms with Crippen LogP contribution in [0.3, 0.4) is 0 Å². The first kappa shape index (κ1) is 22.1. The summed E-state index contributed by atoms with van der Waals surface area (Å²) in [6.45, 7) is 1.48. The van der Waals surface area contributed by atoms with Crippen LogP contribution in [0, 0.1) is 0 Å². The van der Waals surface area contributed by atoms with Crippen LogP contribution in [0.2, 0.25) is 5.02 Å². The van der Waals surface area contributed by atoms with E-state index in [2.05, 4.69) is 10.4 Å². The van der Waals surface area contributed by atoms with Crippen LogP contribution in [0.1, 0.15) is 59.0 Å². The Morgan fingerprint density at radius 1 is 1.12 bits per heavy atom. The first-order valence-corrected chi connectivity index (χ1v) is 10.4. The average Bonchev–Trinajstić information content (AvgIpc) is 3.51. The number of hydrogen-bond donors (Lipinski definition) is 1. The number of carbonyl (C=O) groups is 2. The van der Waals surface area contributed by atoms with Gasteiger partial charge in [-0.15, -0.1) is 0 Å². The number of hydrogen-bond acceptors (Lipinski definition) is 3. The van der Waals surface area contributed by atoms with Gasteiger partial charge in [-0.2, -0.15) is 18.3 Å². The number of anilines is 1. The van der Waals surface area contributed by atoms with E-state index in [0.717, 1.165) is 23.6 Å². The summed E-state index contributed by atoms with van der Waals surface area (Å²) in [6.07, 6.45) is -3.09. The average molecular weight is 462 g/mol. The van der Waals surface area contributed by atoms with E-state index in [1.807, 2.05) is 0 Å². The number of benzene rings is 2. The van der Waals surface area contributed by atoms with E-state index in [1.54, 1.807) is 30.3 Å². The summed E-state index contributed by atoms with van der Waals surface area (Å²) >= 11 is 6.07. The number of ketones is 1. The van der Waals surface area contributed by atoms with Gasteiger partial charge in [0.25, 0.3) is 0 Å². The molecule has 32 heavy (non-hydrogen) atoms. The van der Waals surface area contributed by atoms with E-state index in [-0.39, 0.29) is 23.0 Å². The lowest BCUT2D eigenvalue weighted by Gasteiger charge is -2.17. The summed E-state index contributed by atoms with van der Waals surface area (Å²) < 4.78 is 40.7. The minimum atomic E-state index is -4.60. The Bertz CT molecular complexity index is 1170. The van der Waals surface area contributed by atoms with Gasteiger partial charge in [-0.25, -0.2) is 0 Å². The monoisotopic (exact) mass is 461 g/mol. The van der Waals surface area contributed by atoms with Gasteiger partial charge in [-0.1, -0.05) is 41.9 Å². The van der Waals surface area contributed by atoms with Crippen LogP contribution in [0.25, 0.3) is 0 Å². The molecule has 1 fully saturated rings. The fourth-order valence-corrected chi connectivity index (χ4v) is 3.62. The van der Waals surface area contributed by atoms with Crippen molar-refractivity contribution in [1.29, 1.82) is 0 Å². The molecule has 0 spiro atoms. The summed E-state index contributed by atoms with van der Waals surface area (Å²) in [4.78, 5) is 25.9. The van der Waals surface area contributed by atoms with Crippen molar-refractivity contribution in [3.63, 3.8) is 0 Å². The molecule has 1 N–H and O–H groups in total. The molecule has 0 aliphatic heterocycles. The summed E-state index contributed by atoms with van der Waals surface area (Å²) in [5.74, 6) is -0.971. The lowest BCUT2D eigenvalue weighted by atomic mass is 10.0. The van der Waals surface area contributed by atoms with Crippen molar-refractivity contribution in [2.45, 2.75) is 37.9 Å². The van der Waals surface area contributed by atoms with Gasteiger partial charge in [0.2, 0.25) is 5.91 Å². The molecule has 1 heterocycles. The van der Waals surface area contributed by atoms with Crippen LogP contribution in [0.5, 0.6) is 0 Å². The Kier molecular flexibility index (Phi) is 5.81. The number of carbonyl (C=O) groups excluding carboxylic acids is 2. The molecular formula is C23H19ClF3N3O2. The molecule has 0 bridgehead atoms. The smallest absolute Gasteiger partial charge is 0.324 e. The maximum atomic E-state index is 13.2. The SMILES string of the molecule is CC(C(=O)Nc1ccc(Cl)cc1C(=O)c1ccccc1)n1nc(C(F)(F)F)cc1C1CC1. The predicted molar refractivity (Wildman–Crippen MR) is 114 cm³/mol. The van der Waals surface area contributed by atoms with E-state index in [4.69, 9.17) is 11.6 Å². The van der Waals surface area contributed by atoms with Crippen molar-refractivity contribution >= 4 is 29.0 Å². The molecule has 1 amide bonds. The van der Waals surface area contributed by atoms with Gasteiger partial charge in [0, 0.05) is 27.8 Å². The largest absolute Gasteiger partial charge is 0.435 e. The molecule has 0 saturated heterocycles. The molecule has 1 aliphatic rings. The van der Waals surface area contributed by atoms with E-state index >= 15 is 0 Å². The molecule has 9 heteroatoms. The molecule has 0 radical (unpaired) electrons. The van der Waals surface area contributed by atoms with Gasteiger partial charge in [-0.3, -0.25) is 14.3 Å². The minimum absolute atomic E-state index is 0.0420. The van der Waals surface area contributed by atoms with Gasteiger partial charge in [-0.05, 0) is 44.0 Å². The Morgan fingerprint density at radius 2 is 1.81 bits per heavy atom. The molecule has 1 aromatic heterocycles. The molecule has 2 aromatic carbocycles. The van der Waals surface area contributed by atoms with Crippen molar-refractivity contribution in [1.82, 2.24) is 9.78 Å². The highest BCUT2D eigenvalue weighted by atomic mass is 35.5. The van der Waals surface area contributed by atoms with Crippen molar-refractivity contribution in [3.05, 3.63) is 82.1 Å². The van der Waals surface area contributed by atoms with E-state index in [0.29, 0.717) is 16.3 Å². The van der Waals surface area contributed by atoms with Gasteiger partial charge < -0.3 is 5.32 Å². The van der Waals surface area contributed by atoms with Gasteiger partial charge in [0.05, 0.1) is 5.69 Å². The lowest BCUT2D eigenvalue weighted by molar-refractivity contribution is -0.141. The number of alkyl halides is 3. The first-order valence-electron chi connectivity index (χ1n) is 10.0. The maximum absolute atomic E-state index is 13.2. The van der Waals surface area contributed by atoms with Crippen LogP contribution >= 0.6 is 11.6 Å². The number of nitrogens with one attached hydrogen (secondary N) is 1. The lowest BCUT2D eigenvalue weighted by Crippen LogP contribution is -2.27. The van der Waals surface area contributed by atoms with E-state index in [1.165, 1.54) is 25.1 Å². The van der Waals surface area contributed by atoms with Crippen molar-refractivity contribution in [3.8, 4) is 0 Å². The quantitative estimate of drug-likeness (QED) is 0.467. The van der Waals surface area contributed by atoms with E-state index in [9.17, 15) is 22.8 Å². The topological polar surface area (TPSA) is 64.0 Å². The molecule has 3 aromatic rings. The van der Waals surface area contributed by atoms with Gasteiger partial charge in [0.15, 0.2) is 11.5 Å². The number of rotatable bonds is 6. The maximum Gasteiger partial charge on any atom is 0.435 e. The molecule has 5 nitrogen and oxygen atoms in total. The Morgan fingerprint density at radius 3 is 2.44 bits per heavy atom. The minimum Gasteiger partial charge on any atom is -0.324 e. The zero-order valence-corrected chi connectivity index (χ0v) is 17.7. The van der Waals surface area contributed by atoms with Crippen LogP contribution in [-0.4, -0.2) is 21.5 Å². The highest BCUT2D eigenvalue weighted by Crippen LogP contribution is 2.43. The first-order chi connectivity index (χ1) is 15.1. The van der Waals surface area contributed by atoms with Gasteiger partial charge >= 0.3 is 6.18 Å². The van der Waals surface area contributed by atoms with Crippen LogP contribution < -0.4 is 5.32 Å². The normalized spacial score (nSPS) is 14.8. The molecule has 166 valence electrons. The van der Waals surface area contributed by atoms with Crippen LogP contribution in [0.4, 0.5) is 18.9 Å². The molecule has 1 unspecified atom stereocenters. The molecule has 4 rings (SSSR count). The predicted octanol–water partition coefficient (Wildman–Crippen LogP) is 5.86. The number of amides is 1. The number of halogens is 4. The van der Waals surface area contributed by atoms with E-state index < -0.39 is 23.8 Å². The molecule has 1 atom stereocenters. The third-order valence-corrected chi connectivity index (χ3v) is 5.55. The fourth-order valence-electron chi connectivity index (χ4n) is 3.45. The highest BCUT2D eigenvalue weighted by molar-refractivity contribution is 6.31. The van der Waals surface area contributed by atoms with Gasteiger partial charge in [0.1, 0.15) is 6.04 Å². The van der Waals surface area contributed by atoms with Crippen LogP contribution in [-0.2, 0) is 11.0 Å². The molecular weight excluding hydrogens is 443 g/mol. The standard InChI is InChI=1S/C23H19ClF3N3O2/c1-13(30-19(14-7-8-14)12-20(29-30)23(25,26)27)22(32)28-18-10-9-16(24)11-17(18)21(31)15-5-3-2-4-6-15/h2-6,9-14H,7-8H2,1H3,(H,28,32). The number of nitrogens with zero attached hydrogens (tertiary/aromatic N) is 2.